The van der Waals surface area contributed by atoms with E-state index in [0.717, 1.165) is 6.42 Å². The molecule has 4 nitrogen and oxygen atoms in total. The molecule has 0 saturated carbocycles. The lowest BCUT2D eigenvalue weighted by Gasteiger charge is -2.30. The fourth-order valence-electron chi connectivity index (χ4n) is 1.31. The molecule has 0 aromatic rings. The Morgan fingerprint density at radius 3 is 2.00 bits per heavy atom. The van der Waals surface area contributed by atoms with E-state index < -0.39 is 0 Å². The summed E-state index contributed by atoms with van der Waals surface area (Å²) in [6, 6.07) is 0. The first kappa shape index (κ1) is 16.5. The van der Waals surface area contributed by atoms with E-state index in [4.69, 9.17) is 14.0 Å². The van der Waals surface area contributed by atoms with Crippen LogP contribution >= 0.6 is 8.69 Å². The molecule has 0 radical (unpaired) electrons. The highest BCUT2D eigenvalue weighted by Gasteiger charge is 2.29. The maximum atomic E-state index is 10.4. The third kappa shape index (κ3) is 7.40. The summed E-state index contributed by atoms with van der Waals surface area (Å²) in [7, 11) is -0.318. The Balaban J connectivity index is 4.31. The maximum absolute atomic E-state index is 10.4. The largest absolute Gasteiger partial charge is 0.377 e. The van der Waals surface area contributed by atoms with Crippen molar-refractivity contribution < 1.29 is 18.6 Å². The summed E-state index contributed by atoms with van der Waals surface area (Å²) in [5, 5.41) is 0. The molecule has 0 fully saturated rings. The van der Waals surface area contributed by atoms with Gasteiger partial charge in [-0.25, -0.2) is 4.57 Å². The van der Waals surface area contributed by atoms with Gasteiger partial charge in [0, 0.05) is 5.41 Å². The van der Waals surface area contributed by atoms with Crippen molar-refractivity contribution in [3.05, 3.63) is 25.3 Å². The van der Waals surface area contributed by atoms with Gasteiger partial charge in [-0.1, -0.05) is 19.1 Å². The van der Waals surface area contributed by atoms with Gasteiger partial charge in [-0.2, -0.15) is 0 Å². The van der Waals surface area contributed by atoms with Crippen molar-refractivity contribution in [1.29, 1.82) is 0 Å². The molecule has 0 aliphatic carbocycles. The molecule has 0 amide bonds. The van der Waals surface area contributed by atoms with Crippen LogP contribution < -0.4 is 0 Å². The van der Waals surface area contributed by atoms with Gasteiger partial charge in [-0.15, -0.1) is 13.2 Å². The van der Waals surface area contributed by atoms with Crippen LogP contribution in [0.25, 0.3) is 0 Å². The third-order valence-corrected chi connectivity index (χ3v) is 2.70. The van der Waals surface area contributed by atoms with Crippen LogP contribution in [0, 0.1) is 5.41 Å². The predicted molar refractivity (Wildman–Crippen MR) is 68.3 cm³/mol. The highest BCUT2D eigenvalue weighted by Crippen LogP contribution is 2.25. The van der Waals surface area contributed by atoms with E-state index >= 15 is 0 Å². The number of hydrogen-bond donors (Lipinski definition) is 0. The second-order valence-corrected chi connectivity index (χ2v) is 4.22. The second kappa shape index (κ2) is 10.6. The molecule has 0 heterocycles. The van der Waals surface area contributed by atoms with Crippen LogP contribution in [0.3, 0.4) is 0 Å². The Morgan fingerprint density at radius 2 is 1.65 bits per heavy atom. The lowest BCUT2D eigenvalue weighted by Crippen LogP contribution is -2.36. The average molecular weight is 260 g/mol. The summed E-state index contributed by atoms with van der Waals surface area (Å²) in [5.74, 6) is 0. The van der Waals surface area contributed by atoms with E-state index in [0.29, 0.717) is 33.0 Å². The first-order chi connectivity index (χ1) is 8.24. The van der Waals surface area contributed by atoms with Crippen molar-refractivity contribution in [2.45, 2.75) is 13.3 Å². The Bertz CT molecular complexity index is 217. The van der Waals surface area contributed by atoms with Crippen LogP contribution in [0.2, 0.25) is 0 Å². The van der Waals surface area contributed by atoms with E-state index in [9.17, 15) is 4.57 Å². The summed E-state index contributed by atoms with van der Waals surface area (Å²) >= 11 is 0. The molecule has 5 heteroatoms. The summed E-state index contributed by atoms with van der Waals surface area (Å²) in [5.41, 5.74) is -0.274. The van der Waals surface area contributed by atoms with E-state index in [1.807, 2.05) is 6.92 Å². The van der Waals surface area contributed by atoms with Gasteiger partial charge in [0.05, 0.1) is 33.0 Å². The minimum absolute atomic E-state index is 0.274. The summed E-state index contributed by atoms with van der Waals surface area (Å²) in [4.78, 5) is 0. The SMILES string of the molecule is C=CCOCC(CC)(COCC=C)COP=O. The molecule has 0 bridgehead atoms. The second-order valence-electron chi connectivity index (χ2n) is 3.81. The first-order valence-corrected chi connectivity index (χ1v) is 6.29. The molecule has 0 spiro atoms. The third-order valence-electron chi connectivity index (χ3n) is 2.46. The normalized spacial score (nSPS) is 11.6. The molecule has 0 N–H and O–H groups in total. The zero-order valence-corrected chi connectivity index (χ0v) is 11.3. The number of ether oxygens (including phenoxy) is 2. The van der Waals surface area contributed by atoms with Crippen molar-refractivity contribution in [3.8, 4) is 0 Å². The van der Waals surface area contributed by atoms with E-state index in [-0.39, 0.29) is 14.1 Å². The Hall–Kier alpha value is -0.540. The molecule has 0 aliphatic rings. The lowest BCUT2D eigenvalue weighted by atomic mass is 9.88. The van der Waals surface area contributed by atoms with E-state index in [1.54, 1.807) is 12.2 Å². The van der Waals surface area contributed by atoms with Crippen LogP contribution in [0.1, 0.15) is 13.3 Å². The molecule has 0 saturated heterocycles. The zero-order chi connectivity index (χ0) is 13.0. The van der Waals surface area contributed by atoms with Crippen molar-refractivity contribution in [2.75, 3.05) is 33.0 Å². The topological polar surface area (TPSA) is 44.8 Å². The average Bonchev–Trinajstić information content (AvgIpc) is 2.36. The van der Waals surface area contributed by atoms with Crippen LogP contribution in [0.4, 0.5) is 0 Å². The molecule has 17 heavy (non-hydrogen) atoms. The van der Waals surface area contributed by atoms with E-state index in [2.05, 4.69) is 13.2 Å². The van der Waals surface area contributed by atoms with Crippen molar-refractivity contribution in [2.24, 2.45) is 5.41 Å². The van der Waals surface area contributed by atoms with Gasteiger partial charge in [0.25, 0.3) is 0 Å². The van der Waals surface area contributed by atoms with Crippen molar-refractivity contribution >= 4 is 8.69 Å². The number of hydrogen-bond acceptors (Lipinski definition) is 4. The lowest BCUT2D eigenvalue weighted by molar-refractivity contribution is -0.0343. The molecule has 0 unspecified atom stereocenters. The highest BCUT2D eigenvalue weighted by atomic mass is 31.1. The molecular formula is C12H21O4P. The van der Waals surface area contributed by atoms with Crippen molar-refractivity contribution in [3.63, 3.8) is 0 Å². The van der Waals surface area contributed by atoms with Gasteiger partial charge in [-0.3, -0.25) is 4.52 Å². The van der Waals surface area contributed by atoms with Gasteiger partial charge >= 0.3 is 8.69 Å². The van der Waals surface area contributed by atoms with Gasteiger partial charge in [0.2, 0.25) is 0 Å². The zero-order valence-electron chi connectivity index (χ0n) is 10.4. The number of rotatable bonds is 12. The minimum atomic E-state index is -0.318. The Labute approximate surface area is 105 Å². The predicted octanol–water partition coefficient (Wildman–Crippen LogP) is 3.01. The molecule has 0 aliphatic heterocycles. The standard InChI is InChI=1S/C12H21O4P/c1-4-7-14-9-12(6-3,11-16-17-13)10-15-8-5-2/h4-5H,1-2,6-11H2,3H3. The van der Waals surface area contributed by atoms with Gasteiger partial charge in [0.1, 0.15) is 0 Å². The van der Waals surface area contributed by atoms with Gasteiger partial charge in [-0.05, 0) is 6.42 Å². The fraction of sp³-hybridized carbons (Fsp3) is 0.667. The Kier molecular flexibility index (Phi) is 10.3. The molecule has 0 aromatic carbocycles. The Morgan fingerprint density at radius 1 is 1.12 bits per heavy atom. The summed E-state index contributed by atoms with van der Waals surface area (Å²) in [6.45, 7) is 11.5. The summed E-state index contributed by atoms with van der Waals surface area (Å²) < 4.78 is 26.3. The van der Waals surface area contributed by atoms with Gasteiger partial charge < -0.3 is 9.47 Å². The van der Waals surface area contributed by atoms with Crippen LogP contribution in [0.5, 0.6) is 0 Å². The first-order valence-electron chi connectivity index (χ1n) is 5.56. The smallest absolute Gasteiger partial charge is 0.327 e. The van der Waals surface area contributed by atoms with Gasteiger partial charge in [0.15, 0.2) is 0 Å². The molecule has 0 rings (SSSR count). The van der Waals surface area contributed by atoms with Crippen LogP contribution in [-0.2, 0) is 18.6 Å². The molecule has 0 aromatic heterocycles. The molecule has 98 valence electrons. The quantitative estimate of drug-likeness (QED) is 0.307. The van der Waals surface area contributed by atoms with E-state index in [1.165, 1.54) is 0 Å². The fourth-order valence-corrected chi connectivity index (χ4v) is 1.64. The summed E-state index contributed by atoms with van der Waals surface area (Å²) in [6.07, 6.45) is 4.20. The minimum Gasteiger partial charge on any atom is -0.377 e. The van der Waals surface area contributed by atoms with Crippen molar-refractivity contribution in [1.82, 2.24) is 0 Å². The molecular weight excluding hydrogens is 239 g/mol. The maximum Gasteiger partial charge on any atom is 0.327 e. The van der Waals surface area contributed by atoms with Crippen LogP contribution in [0.15, 0.2) is 25.3 Å². The van der Waals surface area contributed by atoms with Crippen LogP contribution in [-0.4, -0.2) is 33.0 Å². The highest BCUT2D eigenvalue weighted by molar-refractivity contribution is 7.17. The molecule has 0 atom stereocenters. The monoisotopic (exact) mass is 260 g/mol.